The summed E-state index contributed by atoms with van der Waals surface area (Å²) >= 11 is 0. The van der Waals surface area contributed by atoms with E-state index >= 15 is 0 Å². The Balaban J connectivity index is 1.87. The SMILES string of the molecule is CCCN(CC)CC1=C(c2ccc(F)cc2)c2cc(-c3cc(F)ccc3F)ccc2OC1. The zero-order valence-electron chi connectivity index (χ0n) is 18.3. The Morgan fingerprint density at radius 1 is 0.812 bits per heavy atom. The molecule has 0 fully saturated rings. The minimum Gasteiger partial charge on any atom is -0.489 e. The summed E-state index contributed by atoms with van der Waals surface area (Å²) in [5, 5.41) is 0. The first-order valence-corrected chi connectivity index (χ1v) is 10.9. The van der Waals surface area contributed by atoms with Crippen molar-refractivity contribution in [3.05, 3.63) is 94.8 Å². The van der Waals surface area contributed by atoms with E-state index in [4.69, 9.17) is 4.74 Å². The summed E-state index contributed by atoms with van der Waals surface area (Å²) in [7, 11) is 0. The second-order valence-electron chi connectivity index (χ2n) is 7.98. The topological polar surface area (TPSA) is 12.5 Å². The summed E-state index contributed by atoms with van der Waals surface area (Å²) in [5.41, 5.74) is 4.46. The van der Waals surface area contributed by atoms with Crippen molar-refractivity contribution in [1.29, 1.82) is 0 Å². The highest BCUT2D eigenvalue weighted by Gasteiger charge is 2.24. The molecule has 0 saturated heterocycles. The van der Waals surface area contributed by atoms with E-state index in [9.17, 15) is 13.2 Å². The van der Waals surface area contributed by atoms with Crippen LogP contribution in [0.4, 0.5) is 13.2 Å². The van der Waals surface area contributed by atoms with Gasteiger partial charge in [-0.2, -0.15) is 0 Å². The molecule has 1 aliphatic rings. The van der Waals surface area contributed by atoms with Crippen molar-refractivity contribution < 1.29 is 17.9 Å². The third-order valence-electron chi connectivity index (χ3n) is 5.78. The monoisotopic (exact) mass is 437 g/mol. The van der Waals surface area contributed by atoms with Crippen LogP contribution in [0, 0.1) is 17.5 Å². The van der Waals surface area contributed by atoms with Crippen LogP contribution in [0.1, 0.15) is 31.4 Å². The summed E-state index contributed by atoms with van der Waals surface area (Å²) in [6.07, 6.45) is 1.04. The molecule has 1 heterocycles. The molecular weight excluding hydrogens is 411 g/mol. The Hall–Kier alpha value is -3.05. The lowest BCUT2D eigenvalue weighted by atomic mass is 9.88. The number of rotatable bonds is 7. The zero-order chi connectivity index (χ0) is 22.7. The molecule has 2 nitrogen and oxygen atoms in total. The van der Waals surface area contributed by atoms with E-state index in [0.29, 0.717) is 17.9 Å². The van der Waals surface area contributed by atoms with Crippen LogP contribution < -0.4 is 4.74 Å². The standard InChI is InChI=1S/C27H26F3NO/c1-3-13-31(4-2)16-20-17-32-26-12-7-19(23-15-22(29)10-11-25(23)30)14-24(26)27(20)18-5-8-21(28)9-6-18/h5-12,14-15H,3-4,13,16-17H2,1-2H3. The number of benzene rings is 3. The van der Waals surface area contributed by atoms with Crippen LogP contribution in [-0.2, 0) is 0 Å². The van der Waals surface area contributed by atoms with Gasteiger partial charge in [0.05, 0.1) is 0 Å². The highest BCUT2D eigenvalue weighted by molar-refractivity contribution is 5.88. The Morgan fingerprint density at radius 3 is 2.25 bits per heavy atom. The summed E-state index contributed by atoms with van der Waals surface area (Å²) < 4.78 is 48.0. The van der Waals surface area contributed by atoms with Crippen LogP contribution in [0.25, 0.3) is 16.7 Å². The summed E-state index contributed by atoms with van der Waals surface area (Å²) in [5.74, 6) is -0.619. The van der Waals surface area contributed by atoms with E-state index in [1.54, 1.807) is 24.3 Å². The third-order valence-corrected chi connectivity index (χ3v) is 5.78. The molecule has 166 valence electrons. The maximum Gasteiger partial charge on any atom is 0.131 e. The van der Waals surface area contributed by atoms with Gasteiger partial charge >= 0.3 is 0 Å². The molecule has 0 N–H and O–H groups in total. The van der Waals surface area contributed by atoms with Gasteiger partial charge in [0, 0.05) is 17.7 Å². The first kappa shape index (κ1) is 22.2. The van der Waals surface area contributed by atoms with Gasteiger partial charge in [0.25, 0.3) is 0 Å². The third kappa shape index (κ3) is 4.58. The lowest BCUT2D eigenvalue weighted by Crippen LogP contribution is -2.30. The number of nitrogens with zero attached hydrogens (tertiary/aromatic N) is 1. The van der Waals surface area contributed by atoms with Crippen LogP contribution in [0.3, 0.4) is 0 Å². The Labute approximate surface area is 187 Å². The number of fused-ring (bicyclic) bond motifs is 1. The summed E-state index contributed by atoms with van der Waals surface area (Å²) in [4.78, 5) is 2.34. The quantitative estimate of drug-likeness (QED) is 0.408. The van der Waals surface area contributed by atoms with Crippen molar-refractivity contribution in [1.82, 2.24) is 4.90 Å². The molecule has 4 rings (SSSR count). The summed E-state index contributed by atoms with van der Waals surface area (Å²) in [6.45, 7) is 7.26. The van der Waals surface area contributed by atoms with E-state index in [-0.39, 0.29) is 11.4 Å². The van der Waals surface area contributed by atoms with E-state index in [1.807, 2.05) is 6.07 Å². The van der Waals surface area contributed by atoms with Gasteiger partial charge in [-0.3, -0.25) is 4.90 Å². The molecule has 1 aliphatic heterocycles. The van der Waals surface area contributed by atoms with Gasteiger partial charge in [0.15, 0.2) is 0 Å². The van der Waals surface area contributed by atoms with E-state index < -0.39 is 11.6 Å². The molecule has 0 amide bonds. The molecule has 0 saturated carbocycles. The van der Waals surface area contributed by atoms with E-state index in [1.165, 1.54) is 18.2 Å². The fraction of sp³-hybridized carbons (Fsp3) is 0.259. The van der Waals surface area contributed by atoms with Crippen LogP contribution in [0.2, 0.25) is 0 Å². The molecule has 32 heavy (non-hydrogen) atoms. The van der Waals surface area contributed by atoms with Crippen LogP contribution in [-0.4, -0.2) is 31.1 Å². The van der Waals surface area contributed by atoms with E-state index in [0.717, 1.165) is 60.5 Å². The predicted molar refractivity (Wildman–Crippen MR) is 122 cm³/mol. The highest BCUT2D eigenvalue weighted by atomic mass is 19.1. The zero-order valence-corrected chi connectivity index (χ0v) is 18.3. The van der Waals surface area contributed by atoms with Crippen LogP contribution in [0.5, 0.6) is 5.75 Å². The van der Waals surface area contributed by atoms with Gasteiger partial charge in [-0.15, -0.1) is 0 Å². The molecule has 0 aliphatic carbocycles. The number of likely N-dealkylation sites (N-methyl/N-ethyl adjacent to an activating group) is 1. The maximum atomic E-state index is 14.5. The normalized spacial score (nSPS) is 13.3. The summed E-state index contributed by atoms with van der Waals surface area (Å²) in [6, 6.07) is 15.2. The van der Waals surface area contributed by atoms with Crippen molar-refractivity contribution in [2.24, 2.45) is 0 Å². The lowest BCUT2D eigenvalue weighted by Gasteiger charge is -2.29. The molecule has 0 radical (unpaired) electrons. The van der Waals surface area contributed by atoms with Crippen molar-refractivity contribution in [3.63, 3.8) is 0 Å². The smallest absolute Gasteiger partial charge is 0.131 e. The number of hydrogen-bond acceptors (Lipinski definition) is 2. The largest absolute Gasteiger partial charge is 0.489 e. The number of hydrogen-bond donors (Lipinski definition) is 0. The van der Waals surface area contributed by atoms with Crippen LogP contribution >= 0.6 is 0 Å². The van der Waals surface area contributed by atoms with Gasteiger partial charge in [0.1, 0.15) is 29.8 Å². The second-order valence-corrected chi connectivity index (χ2v) is 7.98. The lowest BCUT2D eigenvalue weighted by molar-refractivity contribution is 0.283. The molecule has 3 aromatic carbocycles. The fourth-order valence-electron chi connectivity index (χ4n) is 4.20. The van der Waals surface area contributed by atoms with Gasteiger partial charge in [-0.25, -0.2) is 13.2 Å². The maximum absolute atomic E-state index is 14.5. The molecule has 0 unspecified atom stereocenters. The molecule has 0 bridgehead atoms. The molecule has 3 aromatic rings. The fourth-order valence-corrected chi connectivity index (χ4v) is 4.20. The van der Waals surface area contributed by atoms with Crippen LogP contribution in [0.15, 0.2) is 66.2 Å². The molecule has 0 aromatic heterocycles. The number of halogens is 3. The van der Waals surface area contributed by atoms with Crippen molar-refractivity contribution in [3.8, 4) is 16.9 Å². The van der Waals surface area contributed by atoms with Gasteiger partial charge in [0.2, 0.25) is 0 Å². The van der Waals surface area contributed by atoms with Crippen molar-refractivity contribution in [2.45, 2.75) is 20.3 Å². The van der Waals surface area contributed by atoms with Gasteiger partial charge in [-0.05, 0) is 84.2 Å². The first-order chi connectivity index (χ1) is 15.5. The van der Waals surface area contributed by atoms with Gasteiger partial charge in [-0.1, -0.05) is 32.0 Å². The minimum atomic E-state index is -0.497. The van der Waals surface area contributed by atoms with E-state index in [2.05, 4.69) is 18.7 Å². The molecular formula is C27H26F3NO. The molecule has 5 heteroatoms. The average Bonchev–Trinajstić information content (AvgIpc) is 2.80. The predicted octanol–water partition coefficient (Wildman–Crippen LogP) is 6.70. The first-order valence-electron chi connectivity index (χ1n) is 10.9. The average molecular weight is 438 g/mol. The van der Waals surface area contributed by atoms with Gasteiger partial charge < -0.3 is 4.74 Å². The Bertz CT molecular complexity index is 1140. The number of ether oxygens (including phenoxy) is 1. The second kappa shape index (κ2) is 9.61. The van der Waals surface area contributed by atoms with Crippen molar-refractivity contribution in [2.75, 3.05) is 26.2 Å². The Kier molecular flexibility index (Phi) is 6.66. The Morgan fingerprint density at radius 2 is 1.53 bits per heavy atom. The molecule has 0 atom stereocenters. The van der Waals surface area contributed by atoms with Crippen molar-refractivity contribution >= 4 is 5.57 Å². The highest BCUT2D eigenvalue weighted by Crippen LogP contribution is 2.40. The molecule has 0 spiro atoms. The minimum absolute atomic E-state index is 0.194.